The van der Waals surface area contributed by atoms with Gasteiger partial charge in [0.15, 0.2) is 0 Å². The summed E-state index contributed by atoms with van der Waals surface area (Å²) in [4.78, 5) is 23.2. The van der Waals surface area contributed by atoms with Crippen molar-refractivity contribution in [2.45, 2.75) is 51.4 Å². The first kappa shape index (κ1) is 33.8. The molecule has 0 amide bonds. The van der Waals surface area contributed by atoms with Crippen LogP contribution in [0.5, 0.6) is 0 Å². The standard InChI is InChI=1S/C29H26F10N4O2/c1-2-45-25(44)18-5-7-42(8-6-18)23-13-40-26(41-14-23)43(16-19-11-20(27(31,32)33)3-4-24(19)30)15-17-9-21(28(34,35)36)12-22(10-17)29(37,38)39/h3-4,9-14,18H,2,5-8,15-16H2,1H3. The number of carbonyl (C=O) groups is 1. The molecular formula is C29H26F10N4O2. The van der Waals surface area contributed by atoms with Gasteiger partial charge in [-0.2, -0.15) is 39.5 Å². The highest BCUT2D eigenvalue weighted by atomic mass is 19.4. The predicted molar refractivity (Wildman–Crippen MR) is 141 cm³/mol. The Hall–Kier alpha value is -4.11. The summed E-state index contributed by atoms with van der Waals surface area (Å²) in [6.45, 7) is 1.32. The minimum absolute atomic E-state index is 0.0588. The van der Waals surface area contributed by atoms with Gasteiger partial charge in [-0.3, -0.25) is 4.79 Å². The van der Waals surface area contributed by atoms with E-state index in [4.69, 9.17) is 4.74 Å². The van der Waals surface area contributed by atoms with Crippen LogP contribution in [-0.4, -0.2) is 35.6 Å². The summed E-state index contributed by atoms with van der Waals surface area (Å²) < 4.78 is 141. The molecule has 1 fully saturated rings. The largest absolute Gasteiger partial charge is 0.466 e. The van der Waals surface area contributed by atoms with Crippen LogP contribution in [-0.2, 0) is 41.1 Å². The zero-order chi connectivity index (χ0) is 33.2. The molecule has 0 bridgehead atoms. The van der Waals surface area contributed by atoms with Gasteiger partial charge >= 0.3 is 24.5 Å². The van der Waals surface area contributed by atoms with Crippen LogP contribution >= 0.6 is 0 Å². The van der Waals surface area contributed by atoms with E-state index in [1.807, 2.05) is 4.90 Å². The Bertz CT molecular complexity index is 1450. The van der Waals surface area contributed by atoms with Gasteiger partial charge in [0.1, 0.15) is 5.82 Å². The van der Waals surface area contributed by atoms with Gasteiger partial charge < -0.3 is 14.5 Å². The fraction of sp³-hybridized carbons (Fsp3) is 0.414. The van der Waals surface area contributed by atoms with Crippen LogP contribution in [0.25, 0.3) is 0 Å². The Morgan fingerprint density at radius 3 is 1.91 bits per heavy atom. The lowest BCUT2D eigenvalue weighted by Crippen LogP contribution is -2.37. The lowest BCUT2D eigenvalue weighted by atomic mass is 9.97. The lowest BCUT2D eigenvalue weighted by Gasteiger charge is -2.32. The summed E-state index contributed by atoms with van der Waals surface area (Å²) in [6.07, 6.45) is -11.6. The number of benzene rings is 2. The number of hydrogen-bond donors (Lipinski definition) is 0. The highest BCUT2D eigenvalue weighted by Gasteiger charge is 2.37. The zero-order valence-electron chi connectivity index (χ0n) is 23.5. The molecule has 6 nitrogen and oxygen atoms in total. The van der Waals surface area contributed by atoms with E-state index in [-0.39, 0.29) is 30.5 Å². The molecule has 3 aromatic rings. The number of rotatable bonds is 8. The average molecular weight is 653 g/mol. The molecule has 2 heterocycles. The molecule has 1 aliphatic rings. The zero-order valence-corrected chi connectivity index (χ0v) is 23.5. The van der Waals surface area contributed by atoms with Crippen molar-refractivity contribution >= 4 is 17.6 Å². The molecule has 0 spiro atoms. The number of aromatic nitrogens is 2. The van der Waals surface area contributed by atoms with Crippen LogP contribution in [0.3, 0.4) is 0 Å². The molecule has 0 atom stereocenters. The molecule has 1 aromatic heterocycles. The Balaban J connectivity index is 1.67. The molecule has 0 unspecified atom stereocenters. The van der Waals surface area contributed by atoms with E-state index in [1.54, 1.807) is 6.92 Å². The SMILES string of the molecule is CCOC(=O)C1CCN(c2cnc(N(Cc3cc(C(F)(F)F)cc(C(F)(F)F)c3)Cc3cc(C(F)(F)F)ccc3F)nc2)CC1. The van der Waals surface area contributed by atoms with Crippen LogP contribution in [0.15, 0.2) is 48.8 Å². The molecule has 0 radical (unpaired) electrons. The van der Waals surface area contributed by atoms with E-state index in [1.165, 1.54) is 12.4 Å². The fourth-order valence-electron chi connectivity index (χ4n) is 4.88. The molecule has 45 heavy (non-hydrogen) atoms. The minimum Gasteiger partial charge on any atom is -0.466 e. The average Bonchev–Trinajstić information content (AvgIpc) is 2.96. The van der Waals surface area contributed by atoms with Crippen LogP contribution in [0.1, 0.15) is 47.6 Å². The topological polar surface area (TPSA) is 58.6 Å². The molecule has 0 saturated carbocycles. The second-order valence-electron chi connectivity index (χ2n) is 10.3. The summed E-state index contributed by atoms with van der Waals surface area (Å²) in [7, 11) is 0. The summed E-state index contributed by atoms with van der Waals surface area (Å²) in [6, 6.07) is 2.43. The normalized spacial score (nSPS) is 14.9. The van der Waals surface area contributed by atoms with Crippen molar-refractivity contribution in [1.29, 1.82) is 0 Å². The maximum absolute atomic E-state index is 14.7. The van der Waals surface area contributed by atoms with Gasteiger partial charge in [-0.05, 0) is 61.7 Å². The number of ether oxygens (including phenoxy) is 1. The third kappa shape index (κ3) is 8.54. The minimum atomic E-state index is -5.15. The number of piperidine rings is 1. The van der Waals surface area contributed by atoms with E-state index < -0.39 is 65.3 Å². The van der Waals surface area contributed by atoms with E-state index >= 15 is 0 Å². The monoisotopic (exact) mass is 652 g/mol. The summed E-state index contributed by atoms with van der Waals surface area (Å²) in [5.41, 5.74) is -4.98. The first-order chi connectivity index (χ1) is 21.0. The van der Waals surface area contributed by atoms with Gasteiger partial charge in [0.25, 0.3) is 0 Å². The van der Waals surface area contributed by atoms with Gasteiger partial charge in [-0.15, -0.1) is 0 Å². The van der Waals surface area contributed by atoms with Gasteiger partial charge in [-0.1, -0.05) is 0 Å². The van der Waals surface area contributed by atoms with Crippen molar-refractivity contribution in [2.75, 3.05) is 29.5 Å². The molecule has 244 valence electrons. The number of alkyl halides is 9. The lowest BCUT2D eigenvalue weighted by molar-refractivity contribution is -0.148. The molecule has 16 heteroatoms. The Labute approximate surface area is 250 Å². The number of nitrogens with zero attached hydrogens (tertiary/aromatic N) is 4. The van der Waals surface area contributed by atoms with Crippen LogP contribution in [0.4, 0.5) is 55.5 Å². The van der Waals surface area contributed by atoms with Gasteiger partial charge in [0.2, 0.25) is 5.95 Å². The Morgan fingerprint density at radius 2 is 1.40 bits per heavy atom. The number of halogens is 10. The van der Waals surface area contributed by atoms with Crippen molar-refractivity contribution in [3.8, 4) is 0 Å². The Kier molecular flexibility index (Phi) is 9.82. The van der Waals surface area contributed by atoms with Crippen molar-refractivity contribution < 1.29 is 53.4 Å². The highest BCUT2D eigenvalue weighted by Crippen LogP contribution is 2.37. The van der Waals surface area contributed by atoms with Crippen molar-refractivity contribution in [2.24, 2.45) is 5.92 Å². The maximum Gasteiger partial charge on any atom is 0.416 e. The number of anilines is 2. The summed E-state index contributed by atoms with van der Waals surface area (Å²) >= 11 is 0. The molecule has 1 saturated heterocycles. The number of esters is 1. The van der Waals surface area contributed by atoms with Crippen LogP contribution < -0.4 is 9.80 Å². The summed E-state index contributed by atoms with van der Waals surface area (Å²) in [5.74, 6) is -1.99. The second kappa shape index (κ2) is 13.1. The third-order valence-corrected chi connectivity index (χ3v) is 7.14. The first-order valence-electron chi connectivity index (χ1n) is 13.6. The van der Waals surface area contributed by atoms with Gasteiger partial charge in [0, 0.05) is 31.7 Å². The van der Waals surface area contributed by atoms with E-state index in [9.17, 15) is 48.7 Å². The van der Waals surface area contributed by atoms with E-state index in [0.29, 0.717) is 62.0 Å². The van der Waals surface area contributed by atoms with E-state index in [0.717, 1.165) is 4.90 Å². The molecular weight excluding hydrogens is 626 g/mol. The molecule has 0 N–H and O–H groups in total. The summed E-state index contributed by atoms with van der Waals surface area (Å²) in [5, 5.41) is 0. The molecule has 1 aliphatic heterocycles. The van der Waals surface area contributed by atoms with Crippen LogP contribution in [0, 0.1) is 11.7 Å². The smallest absolute Gasteiger partial charge is 0.416 e. The maximum atomic E-state index is 14.7. The highest BCUT2D eigenvalue weighted by molar-refractivity contribution is 5.72. The van der Waals surface area contributed by atoms with Crippen molar-refractivity contribution in [3.63, 3.8) is 0 Å². The quantitative estimate of drug-likeness (QED) is 0.184. The first-order valence-corrected chi connectivity index (χ1v) is 13.6. The molecule has 2 aromatic carbocycles. The Morgan fingerprint density at radius 1 is 0.844 bits per heavy atom. The number of carbonyl (C=O) groups excluding carboxylic acids is 1. The van der Waals surface area contributed by atoms with Gasteiger partial charge in [-0.25, -0.2) is 14.4 Å². The third-order valence-electron chi connectivity index (χ3n) is 7.14. The van der Waals surface area contributed by atoms with Crippen molar-refractivity contribution in [1.82, 2.24) is 9.97 Å². The van der Waals surface area contributed by atoms with E-state index in [2.05, 4.69) is 9.97 Å². The molecule has 0 aliphatic carbocycles. The predicted octanol–water partition coefficient (Wildman–Crippen LogP) is 7.66. The van der Waals surface area contributed by atoms with Crippen molar-refractivity contribution in [3.05, 3.63) is 82.4 Å². The number of hydrogen-bond acceptors (Lipinski definition) is 6. The fourth-order valence-corrected chi connectivity index (χ4v) is 4.88. The van der Waals surface area contributed by atoms with Crippen LogP contribution in [0.2, 0.25) is 0 Å². The molecule has 4 rings (SSSR count). The second-order valence-corrected chi connectivity index (χ2v) is 10.3. The van der Waals surface area contributed by atoms with Gasteiger partial charge in [0.05, 0.1) is 47.3 Å².